The lowest BCUT2D eigenvalue weighted by atomic mass is 10.0. The fraction of sp³-hybridized carbons (Fsp3) is 0.474. The molecule has 0 radical (unpaired) electrons. The normalized spacial score (nSPS) is 16.0. The number of nitrogens with one attached hydrogen (secondary N) is 1. The molecule has 6 nitrogen and oxygen atoms in total. The third kappa shape index (κ3) is 3.85. The number of amides is 1. The van der Waals surface area contributed by atoms with Crippen molar-refractivity contribution in [1.82, 2.24) is 20.0 Å². The maximum Gasteiger partial charge on any atom is 0.254 e. The van der Waals surface area contributed by atoms with Crippen molar-refractivity contribution in [3.05, 3.63) is 47.3 Å². The Balaban J connectivity index is 1.76. The minimum atomic E-state index is -0.0716. The van der Waals surface area contributed by atoms with Crippen LogP contribution in [-0.4, -0.2) is 47.3 Å². The molecule has 1 fully saturated rings. The van der Waals surface area contributed by atoms with Crippen molar-refractivity contribution >= 4 is 5.91 Å². The predicted molar refractivity (Wildman–Crippen MR) is 96.8 cm³/mol. The van der Waals surface area contributed by atoms with Crippen molar-refractivity contribution < 1.29 is 9.53 Å². The number of rotatable bonds is 6. The van der Waals surface area contributed by atoms with E-state index in [1.54, 1.807) is 18.0 Å². The maximum atomic E-state index is 12.5. The van der Waals surface area contributed by atoms with Crippen LogP contribution in [0.1, 0.15) is 40.5 Å². The van der Waals surface area contributed by atoms with E-state index >= 15 is 0 Å². The van der Waals surface area contributed by atoms with Crippen LogP contribution >= 0.6 is 0 Å². The third-order valence-electron chi connectivity index (χ3n) is 5.00. The van der Waals surface area contributed by atoms with E-state index in [1.165, 1.54) is 18.4 Å². The van der Waals surface area contributed by atoms with Gasteiger partial charge in [0.15, 0.2) is 0 Å². The van der Waals surface area contributed by atoms with Gasteiger partial charge in [0, 0.05) is 19.3 Å². The average Bonchev–Trinajstić information content (AvgIpc) is 3.26. The number of nitrogens with zero attached hydrogens (tertiary/aromatic N) is 3. The highest BCUT2D eigenvalue weighted by molar-refractivity contribution is 5.95. The van der Waals surface area contributed by atoms with Crippen LogP contribution in [0.25, 0.3) is 0 Å². The molecule has 6 heteroatoms. The van der Waals surface area contributed by atoms with Crippen LogP contribution in [0.3, 0.4) is 0 Å². The van der Waals surface area contributed by atoms with E-state index in [9.17, 15) is 4.79 Å². The van der Waals surface area contributed by atoms with Gasteiger partial charge in [-0.05, 0) is 50.6 Å². The van der Waals surface area contributed by atoms with E-state index in [1.807, 2.05) is 26.1 Å². The van der Waals surface area contributed by atoms with Crippen LogP contribution in [0.15, 0.2) is 30.5 Å². The van der Waals surface area contributed by atoms with Crippen molar-refractivity contribution in [2.45, 2.75) is 25.8 Å². The second-order valence-electron chi connectivity index (χ2n) is 6.51. The van der Waals surface area contributed by atoms with Gasteiger partial charge in [-0.25, -0.2) is 0 Å². The van der Waals surface area contributed by atoms with Gasteiger partial charge in [-0.2, -0.15) is 5.10 Å². The van der Waals surface area contributed by atoms with E-state index < -0.39 is 0 Å². The summed E-state index contributed by atoms with van der Waals surface area (Å²) in [5, 5.41) is 7.24. The van der Waals surface area contributed by atoms with Gasteiger partial charge in [0.25, 0.3) is 5.91 Å². The Morgan fingerprint density at radius 1 is 1.36 bits per heavy atom. The lowest BCUT2D eigenvalue weighted by Crippen LogP contribution is -2.37. The smallest absolute Gasteiger partial charge is 0.254 e. The maximum absolute atomic E-state index is 12.5. The van der Waals surface area contributed by atoms with Crippen LogP contribution in [0.4, 0.5) is 0 Å². The van der Waals surface area contributed by atoms with Crippen LogP contribution in [0, 0.1) is 6.92 Å². The fourth-order valence-corrected chi connectivity index (χ4v) is 3.37. The number of hydrogen-bond donors (Lipinski definition) is 1. The van der Waals surface area contributed by atoms with Gasteiger partial charge >= 0.3 is 0 Å². The molecule has 2 aromatic rings. The van der Waals surface area contributed by atoms with Gasteiger partial charge in [-0.15, -0.1) is 0 Å². The largest absolute Gasteiger partial charge is 0.497 e. The summed E-state index contributed by atoms with van der Waals surface area (Å²) in [5.74, 6) is 0.772. The average molecular weight is 342 g/mol. The van der Waals surface area contributed by atoms with Crippen molar-refractivity contribution in [2.75, 3.05) is 26.7 Å². The van der Waals surface area contributed by atoms with Gasteiger partial charge in [0.2, 0.25) is 0 Å². The Hall–Kier alpha value is -2.34. The molecule has 1 amide bonds. The highest BCUT2D eigenvalue weighted by atomic mass is 16.5. The molecule has 25 heavy (non-hydrogen) atoms. The van der Waals surface area contributed by atoms with Gasteiger partial charge in [-0.3, -0.25) is 14.4 Å². The second kappa shape index (κ2) is 7.70. The predicted octanol–water partition coefficient (Wildman–Crippen LogP) is 2.30. The van der Waals surface area contributed by atoms with Gasteiger partial charge in [-0.1, -0.05) is 12.1 Å². The molecule has 1 saturated heterocycles. The molecule has 1 aromatic heterocycles. The summed E-state index contributed by atoms with van der Waals surface area (Å²) in [5.41, 5.74) is 2.68. The van der Waals surface area contributed by atoms with Crippen molar-refractivity contribution in [1.29, 1.82) is 0 Å². The number of ether oxygens (including phenoxy) is 1. The SMILES string of the molecule is COc1cccc([C@@H](CNC(=O)c2cnn(C)c2C)N2CCCC2)c1. The highest BCUT2D eigenvalue weighted by Gasteiger charge is 2.25. The lowest BCUT2D eigenvalue weighted by molar-refractivity contribution is 0.0937. The number of aryl methyl sites for hydroxylation is 1. The minimum absolute atomic E-state index is 0.0716. The Labute approximate surface area is 148 Å². The summed E-state index contributed by atoms with van der Waals surface area (Å²) in [6, 6.07) is 8.27. The van der Waals surface area contributed by atoms with Crippen LogP contribution in [0.2, 0.25) is 0 Å². The first kappa shape index (κ1) is 17.5. The Morgan fingerprint density at radius 2 is 2.12 bits per heavy atom. The first-order chi connectivity index (χ1) is 12.1. The molecular formula is C19H26N4O2. The molecule has 0 unspecified atom stereocenters. The number of hydrogen-bond acceptors (Lipinski definition) is 4. The third-order valence-corrected chi connectivity index (χ3v) is 5.00. The van der Waals surface area contributed by atoms with Crippen LogP contribution < -0.4 is 10.1 Å². The molecule has 1 aromatic carbocycles. The molecule has 2 heterocycles. The molecule has 0 saturated carbocycles. The summed E-state index contributed by atoms with van der Waals surface area (Å²) >= 11 is 0. The number of carbonyl (C=O) groups is 1. The summed E-state index contributed by atoms with van der Waals surface area (Å²) < 4.78 is 7.08. The van der Waals surface area contributed by atoms with E-state index in [4.69, 9.17) is 4.74 Å². The molecule has 3 rings (SSSR count). The topological polar surface area (TPSA) is 59.4 Å². The quantitative estimate of drug-likeness (QED) is 0.875. The zero-order chi connectivity index (χ0) is 17.8. The molecule has 1 aliphatic heterocycles. The van der Waals surface area contributed by atoms with Crippen molar-refractivity contribution in [3.8, 4) is 5.75 Å². The zero-order valence-corrected chi connectivity index (χ0v) is 15.2. The highest BCUT2D eigenvalue weighted by Crippen LogP contribution is 2.27. The zero-order valence-electron chi connectivity index (χ0n) is 15.2. The summed E-state index contributed by atoms with van der Waals surface area (Å²) in [6.07, 6.45) is 4.04. The fourth-order valence-electron chi connectivity index (χ4n) is 3.37. The van der Waals surface area contributed by atoms with Crippen LogP contribution in [-0.2, 0) is 7.05 Å². The Bertz CT molecular complexity index is 735. The lowest BCUT2D eigenvalue weighted by Gasteiger charge is -2.28. The minimum Gasteiger partial charge on any atom is -0.497 e. The molecular weight excluding hydrogens is 316 g/mol. The molecule has 134 valence electrons. The first-order valence-corrected chi connectivity index (χ1v) is 8.75. The summed E-state index contributed by atoms with van der Waals surface area (Å²) in [7, 11) is 3.52. The second-order valence-corrected chi connectivity index (χ2v) is 6.51. The standard InChI is InChI=1S/C19H26N4O2/c1-14-17(12-21-22(14)2)19(24)20-13-18(23-9-4-5-10-23)15-7-6-8-16(11-15)25-3/h6-8,11-12,18H,4-5,9-10,13H2,1-3H3,(H,20,24)/t18-/m1/s1. The summed E-state index contributed by atoms with van der Waals surface area (Å²) in [4.78, 5) is 15.0. The number of carbonyl (C=O) groups excluding carboxylic acids is 1. The monoisotopic (exact) mass is 342 g/mol. The number of aromatic nitrogens is 2. The van der Waals surface area contributed by atoms with Gasteiger partial charge in [0.1, 0.15) is 5.75 Å². The number of likely N-dealkylation sites (tertiary alicyclic amines) is 1. The van der Waals surface area contributed by atoms with Crippen LogP contribution in [0.5, 0.6) is 5.75 Å². The van der Waals surface area contributed by atoms with E-state index in [0.29, 0.717) is 12.1 Å². The molecule has 1 atom stereocenters. The van der Waals surface area contributed by atoms with Gasteiger partial charge < -0.3 is 10.1 Å². The molecule has 1 N–H and O–H groups in total. The van der Waals surface area contributed by atoms with E-state index in [-0.39, 0.29) is 11.9 Å². The van der Waals surface area contributed by atoms with Crippen molar-refractivity contribution in [3.63, 3.8) is 0 Å². The Kier molecular flexibility index (Phi) is 5.38. The molecule has 0 spiro atoms. The van der Waals surface area contributed by atoms with Crippen molar-refractivity contribution in [2.24, 2.45) is 7.05 Å². The Morgan fingerprint density at radius 3 is 2.76 bits per heavy atom. The van der Waals surface area contributed by atoms with E-state index in [0.717, 1.165) is 24.5 Å². The number of benzene rings is 1. The number of methoxy groups -OCH3 is 1. The summed E-state index contributed by atoms with van der Waals surface area (Å²) in [6.45, 7) is 4.59. The molecule has 0 bridgehead atoms. The van der Waals surface area contributed by atoms with E-state index in [2.05, 4.69) is 27.4 Å². The first-order valence-electron chi connectivity index (χ1n) is 8.75. The molecule has 0 aliphatic carbocycles. The molecule has 1 aliphatic rings. The van der Waals surface area contributed by atoms with Gasteiger partial charge in [0.05, 0.1) is 24.9 Å².